The van der Waals surface area contributed by atoms with Gasteiger partial charge in [-0.15, -0.1) is 0 Å². The summed E-state index contributed by atoms with van der Waals surface area (Å²) in [5, 5.41) is 15.9. The lowest BCUT2D eigenvalue weighted by molar-refractivity contribution is -0.139. The van der Waals surface area contributed by atoms with Gasteiger partial charge in [0.25, 0.3) is 5.91 Å². The highest BCUT2D eigenvalue weighted by atomic mass is 32.1. The summed E-state index contributed by atoms with van der Waals surface area (Å²) in [6.07, 6.45) is -6.05. The van der Waals surface area contributed by atoms with Gasteiger partial charge in [0, 0.05) is 13.6 Å². The van der Waals surface area contributed by atoms with Crippen LogP contribution in [0.15, 0.2) is 24.3 Å². The number of hydrogen-bond donors (Lipinski definition) is 3. The summed E-state index contributed by atoms with van der Waals surface area (Å²) in [6.45, 7) is 1.31. The van der Waals surface area contributed by atoms with Gasteiger partial charge in [0.2, 0.25) is 0 Å². The van der Waals surface area contributed by atoms with Crippen LogP contribution in [-0.4, -0.2) is 29.0 Å². The summed E-state index contributed by atoms with van der Waals surface area (Å²) in [6, 6.07) is 4.74. The number of halogens is 3. The van der Waals surface area contributed by atoms with Gasteiger partial charge in [-0.2, -0.15) is 17.5 Å². The van der Waals surface area contributed by atoms with E-state index < -0.39 is 23.8 Å². The van der Waals surface area contributed by atoms with Crippen LogP contribution in [0.1, 0.15) is 33.3 Å². The third-order valence-corrected chi connectivity index (χ3v) is 4.35. The van der Waals surface area contributed by atoms with Crippen LogP contribution in [0.3, 0.4) is 0 Å². The maximum Gasteiger partial charge on any atom is 0.416 e. The number of alkyl halides is 3. The largest absolute Gasteiger partial charge is 0.416 e. The van der Waals surface area contributed by atoms with E-state index in [1.807, 2.05) is 0 Å². The molecule has 0 bridgehead atoms. The van der Waals surface area contributed by atoms with E-state index in [-0.39, 0.29) is 12.1 Å². The molecule has 0 saturated carbocycles. The van der Waals surface area contributed by atoms with Crippen LogP contribution >= 0.6 is 11.5 Å². The Morgan fingerprint density at radius 2 is 2.04 bits per heavy atom. The van der Waals surface area contributed by atoms with E-state index in [2.05, 4.69) is 15.0 Å². The molecule has 0 aliphatic carbocycles. The molecule has 24 heavy (non-hydrogen) atoms. The molecule has 1 atom stereocenters. The molecule has 0 unspecified atom stereocenters. The fourth-order valence-electron chi connectivity index (χ4n) is 2.24. The van der Waals surface area contributed by atoms with Crippen LogP contribution in [0.25, 0.3) is 0 Å². The van der Waals surface area contributed by atoms with Crippen molar-refractivity contribution in [2.75, 3.05) is 18.9 Å². The molecule has 1 aromatic carbocycles. The summed E-state index contributed by atoms with van der Waals surface area (Å²) >= 11 is 1.11. The number of amides is 1. The van der Waals surface area contributed by atoms with Crippen molar-refractivity contribution in [3.05, 3.63) is 46.6 Å². The van der Waals surface area contributed by atoms with E-state index in [1.54, 1.807) is 14.0 Å². The molecule has 1 heterocycles. The van der Waals surface area contributed by atoms with Crippen molar-refractivity contribution in [3.63, 3.8) is 0 Å². The van der Waals surface area contributed by atoms with E-state index in [0.29, 0.717) is 16.3 Å². The Morgan fingerprint density at radius 1 is 1.38 bits per heavy atom. The molecule has 3 N–H and O–H groups in total. The minimum absolute atomic E-state index is 0.278. The van der Waals surface area contributed by atoms with E-state index in [1.165, 1.54) is 18.2 Å². The molecule has 2 rings (SSSR count). The third-order valence-electron chi connectivity index (χ3n) is 3.40. The summed E-state index contributed by atoms with van der Waals surface area (Å²) in [7, 11) is 1.64. The number of benzene rings is 1. The van der Waals surface area contributed by atoms with Crippen LogP contribution in [-0.2, 0) is 6.18 Å². The second-order valence-corrected chi connectivity index (χ2v) is 5.81. The van der Waals surface area contributed by atoms with Crippen molar-refractivity contribution in [2.45, 2.75) is 19.2 Å². The minimum atomic E-state index is -4.57. The van der Waals surface area contributed by atoms with Crippen LogP contribution < -0.4 is 10.6 Å². The first-order chi connectivity index (χ1) is 11.3. The Morgan fingerprint density at radius 3 is 2.67 bits per heavy atom. The zero-order valence-electron chi connectivity index (χ0n) is 12.9. The van der Waals surface area contributed by atoms with Gasteiger partial charge in [0.15, 0.2) is 0 Å². The number of anilines is 1. The van der Waals surface area contributed by atoms with Gasteiger partial charge in [0.05, 0.1) is 22.9 Å². The zero-order valence-corrected chi connectivity index (χ0v) is 13.8. The van der Waals surface area contributed by atoms with Crippen molar-refractivity contribution in [1.29, 1.82) is 0 Å². The number of carbonyl (C=O) groups excluding carboxylic acids is 1. The lowest BCUT2D eigenvalue weighted by Gasteiger charge is -2.18. The second-order valence-electron chi connectivity index (χ2n) is 5.03. The molecule has 0 radical (unpaired) electrons. The van der Waals surface area contributed by atoms with Crippen molar-refractivity contribution >= 4 is 22.4 Å². The average Bonchev–Trinajstić information content (AvgIpc) is 2.92. The summed E-state index contributed by atoms with van der Waals surface area (Å²) in [4.78, 5) is 12.2. The van der Waals surface area contributed by atoms with Crippen molar-refractivity contribution in [2.24, 2.45) is 0 Å². The predicted octanol–water partition coefficient (Wildman–Crippen LogP) is 2.98. The van der Waals surface area contributed by atoms with Crippen LogP contribution in [0.5, 0.6) is 0 Å². The normalized spacial score (nSPS) is 12.8. The highest BCUT2D eigenvalue weighted by molar-refractivity contribution is 7.10. The Bertz CT molecular complexity index is 731. The summed E-state index contributed by atoms with van der Waals surface area (Å²) in [5.41, 5.74) is -0.374. The van der Waals surface area contributed by atoms with Gasteiger partial charge in [0.1, 0.15) is 5.00 Å². The number of nitrogens with zero attached hydrogens (tertiary/aromatic N) is 1. The molecule has 0 aliphatic heterocycles. The average molecular weight is 359 g/mol. The summed E-state index contributed by atoms with van der Waals surface area (Å²) < 4.78 is 43.0. The number of rotatable bonds is 5. The predicted molar refractivity (Wildman–Crippen MR) is 85.1 cm³/mol. The first kappa shape index (κ1) is 18.2. The molecule has 2 aromatic rings. The monoisotopic (exact) mass is 359 g/mol. The molecule has 5 nitrogen and oxygen atoms in total. The van der Waals surface area contributed by atoms with Gasteiger partial charge >= 0.3 is 6.18 Å². The molecule has 0 saturated heterocycles. The Kier molecular flexibility index (Phi) is 5.45. The van der Waals surface area contributed by atoms with E-state index in [9.17, 15) is 23.1 Å². The number of aliphatic hydroxyl groups is 1. The molecule has 0 fully saturated rings. The van der Waals surface area contributed by atoms with Gasteiger partial charge in [-0.3, -0.25) is 4.79 Å². The fraction of sp³-hybridized carbons (Fsp3) is 0.333. The highest BCUT2D eigenvalue weighted by Crippen LogP contribution is 2.34. The standard InChI is InChI=1S/C15H16F3N3O2S/c1-8-12(14(19-2)24-21-8)13(23)20-7-11(22)9-5-3-4-6-10(9)15(16,17)18/h3-6,11,19,22H,7H2,1-2H3,(H,20,23)/t11-/m0/s1. The van der Waals surface area contributed by atoms with E-state index in [0.717, 1.165) is 17.6 Å². The molecule has 9 heteroatoms. The third kappa shape index (κ3) is 3.85. The Labute approximate surface area is 140 Å². The Hall–Kier alpha value is -2.13. The maximum atomic E-state index is 13.0. The first-order valence-corrected chi connectivity index (χ1v) is 7.79. The van der Waals surface area contributed by atoms with E-state index in [4.69, 9.17) is 0 Å². The van der Waals surface area contributed by atoms with Crippen LogP contribution in [0.4, 0.5) is 18.2 Å². The highest BCUT2D eigenvalue weighted by Gasteiger charge is 2.34. The number of aliphatic hydroxyl groups excluding tert-OH is 1. The molecular formula is C15H16F3N3O2S. The smallest absolute Gasteiger partial charge is 0.387 e. The topological polar surface area (TPSA) is 74.2 Å². The van der Waals surface area contributed by atoms with Crippen molar-refractivity contribution in [3.8, 4) is 0 Å². The van der Waals surface area contributed by atoms with Crippen molar-refractivity contribution < 1.29 is 23.1 Å². The molecule has 1 aromatic heterocycles. The molecule has 0 aliphatic rings. The number of carbonyl (C=O) groups is 1. The minimum Gasteiger partial charge on any atom is -0.387 e. The van der Waals surface area contributed by atoms with Gasteiger partial charge in [-0.25, -0.2) is 0 Å². The lowest BCUT2D eigenvalue weighted by atomic mass is 10.0. The van der Waals surface area contributed by atoms with Gasteiger partial charge < -0.3 is 15.7 Å². The number of nitrogens with one attached hydrogen (secondary N) is 2. The molecule has 0 spiro atoms. The SMILES string of the molecule is CNc1snc(C)c1C(=O)NC[C@H](O)c1ccccc1C(F)(F)F. The van der Waals surface area contributed by atoms with E-state index >= 15 is 0 Å². The second kappa shape index (κ2) is 7.18. The maximum absolute atomic E-state index is 13.0. The zero-order chi connectivity index (χ0) is 17.9. The number of aromatic nitrogens is 1. The van der Waals surface area contributed by atoms with Crippen LogP contribution in [0.2, 0.25) is 0 Å². The molecule has 130 valence electrons. The lowest BCUT2D eigenvalue weighted by Crippen LogP contribution is -2.30. The van der Waals surface area contributed by atoms with Crippen LogP contribution in [0, 0.1) is 6.92 Å². The fourth-order valence-corrected chi connectivity index (χ4v) is 2.98. The molecule has 1 amide bonds. The quantitative estimate of drug-likeness (QED) is 0.767. The van der Waals surface area contributed by atoms with Crippen molar-refractivity contribution in [1.82, 2.24) is 9.69 Å². The summed E-state index contributed by atoms with van der Waals surface area (Å²) in [5.74, 6) is -0.505. The Balaban J connectivity index is 2.13. The van der Waals surface area contributed by atoms with Gasteiger partial charge in [-0.1, -0.05) is 18.2 Å². The number of hydrogen-bond acceptors (Lipinski definition) is 5. The number of aryl methyl sites for hydroxylation is 1. The van der Waals surface area contributed by atoms with Gasteiger partial charge in [-0.05, 0) is 30.1 Å². The first-order valence-electron chi connectivity index (χ1n) is 7.02. The molecular weight excluding hydrogens is 343 g/mol.